The lowest BCUT2D eigenvalue weighted by Crippen LogP contribution is -2.36. The van der Waals surface area contributed by atoms with Gasteiger partial charge in [-0.05, 0) is 49.4 Å². The van der Waals surface area contributed by atoms with Crippen molar-refractivity contribution in [2.45, 2.75) is 26.3 Å². The summed E-state index contributed by atoms with van der Waals surface area (Å²) >= 11 is 0.893. The van der Waals surface area contributed by atoms with Crippen LogP contribution in [0.25, 0.3) is 17.4 Å². The summed E-state index contributed by atoms with van der Waals surface area (Å²) in [5, 5.41) is 8.80. The molecule has 1 fully saturated rings. The number of furan rings is 1. The summed E-state index contributed by atoms with van der Waals surface area (Å²) in [5.41, 5.74) is 0.785. The number of imide groups is 1. The fourth-order valence-electron chi connectivity index (χ4n) is 2.56. The molecule has 6 nitrogen and oxygen atoms in total. The summed E-state index contributed by atoms with van der Waals surface area (Å²) in [6, 6.07) is 9.62. The lowest BCUT2D eigenvalue weighted by atomic mass is 10.1. The van der Waals surface area contributed by atoms with E-state index in [1.807, 2.05) is 13.8 Å². The van der Waals surface area contributed by atoms with Crippen LogP contribution in [0.3, 0.4) is 0 Å². The van der Waals surface area contributed by atoms with E-state index in [1.54, 1.807) is 24.3 Å². The van der Waals surface area contributed by atoms with Gasteiger partial charge in [-0.1, -0.05) is 19.1 Å². The van der Waals surface area contributed by atoms with E-state index in [1.165, 1.54) is 23.1 Å². The minimum Gasteiger partial charge on any atom is -0.478 e. The van der Waals surface area contributed by atoms with Crippen molar-refractivity contribution in [1.29, 1.82) is 0 Å². The summed E-state index contributed by atoms with van der Waals surface area (Å²) in [6.07, 6.45) is 2.23. The first kappa shape index (κ1) is 18.0. The van der Waals surface area contributed by atoms with E-state index in [4.69, 9.17) is 9.52 Å². The van der Waals surface area contributed by atoms with Crippen LogP contribution in [0, 0.1) is 0 Å². The van der Waals surface area contributed by atoms with E-state index in [-0.39, 0.29) is 22.8 Å². The maximum Gasteiger partial charge on any atom is 0.335 e. The van der Waals surface area contributed by atoms with Crippen molar-refractivity contribution in [2.24, 2.45) is 0 Å². The van der Waals surface area contributed by atoms with Crippen LogP contribution >= 0.6 is 11.8 Å². The smallest absolute Gasteiger partial charge is 0.335 e. The Morgan fingerprint density at radius 2 is 2.08 bits per heavy atom. The Bertz CT molecular complexity index is 914. The molecular weight excluding hydrogens is 354 g/mol. The van der Waals surface area contributed by atoms with Gasteiger partial charge in [-0.2, -0.15) is 0 Å². The van der Waals surface area contributed by atoms with Gasteiger partial charge in [0.25, 0.3) is 11.1 Å². The highest BCUT2D eigenvalue weighted by Crippen LogP contribution is 2.35. The monoisotopic (exact) mass is 371 g/mol. The largest absolute Gasteiger partial charge is 0.478 e. The maximum absolute atomic E-state index is 12.4. The number of carboxylic acids is 1. The molecule has 3 rings (SSSR count). The molecule has 26 heavy (non-hydrogen) atoms. The van der Waals surface area contributed by atoms with Gasteiger partial charge in [0.2, 0.25) is 0 Å². The molecule has 1 N–H and O–H groups in total. The molecule has 2 aromatic rings. The van der Waals surface area contributed by atoms with Gasteiger partial charge in [-0.3, -0.25) is 14.5 Å². The Morgan fingerprint density at radius 3 is 2.77 bits per heavy atom. The normalized spacial score (nSPS) is 17.2. The topological polar surface area (TPSA) is 87.8 Å². The third-order valence-corrected chi connectivity index (χ3v) is 5.03. The van der Waals surface area contributed by atoms with Gasteiger partial charge in [0.1, 0.15) is 11.5 Å². The van der Waals surface area contributed by atoms with E-state index >= 15 is 0 Å². The van der Waals surface area contributed by atoms with Crippen LogP contribution < -0.4 is 0 Å². The third kappa shape index (κ3) is 3.43. The van der Waals surface area contributed by atoms with Crippen molar-refractivity contribution in [3.05, 3.63) is 52.6 Å². The summed E-state index contributed by atoms with van der Waals surface area (Å²) in [7, 11) is 0. The predicted molar refractivity (Wildman–Crippen MR) is 98.7 cm³/mol. The molecule has 0 bridgehead atoms. The van der Waals surface area contributed by atoms with E-state index in [0.29, 0.717) is 28.4 Å². The Labute approximate surface area is 154 Å². The quantitative estimate of drug-likeness (QED) is 0.780. The van der Waals surface area contributed by atoms with Gasteiger partial charge in [0.05, 0.1) is 10.5 Å². The molecular formula is C19H17NO5S. The molecule has 2 amide bonds. The zero-order valence-electron chi connectivity index (χ0n) is 14.3. The highest BCUT2D eigenvalue weighted by atomic mass is 32.2. The number of thioether (sulfide) groups is 1. The van der Waals surface area contributed by atoms with E-state index in [2.05, 4.69) is 0 Å². The number of rotatable bonds is 5. The van der Waals surface area contributed by atoms with Gasteiger partial charge in [-0.25, -0.2) is 4.79 Å². The zero-order valence-corrected chi connectivity index (χ0v) is 15.1. The van der Waals surface area contributed by atoms with Gasteiger partial charge in [0.15, 0.2) is 0 Å². The molecule has 7 heteroatoms. The Morgan fingerprint density at radius 1 is 1.31 bits per heavy atom. The Balaban J connectivity index is 1.86. The van der Waals surface area contributed by atoms with Crippen LogP contribution in [0.4, 0.5) is 4.79 Å². The molecule has 1 aromatic heterocycles. The number of hydrogen-bond donors (Lipinski definition) is 1. The minimum absolute atomic E-state index is 0.153. The molecule has 0 aliphatic carbocycles. The number of benzene rings is 1. The fourth-order valence-corrected chi connectivity index (χ4v) is 3.47. The molecule has 1 aliphatic heterocycles. The molecule has 2 heterocycles. The number of nitrogens with zero attached hydrogens (tertiary/aromatic N) is 1. The first-order chi connectivity index (χ1) is 12.4. The molecule has 1 saturated heterocycles. The Kier molecular flexibility index (Phi) is 4.99. The number of carbonyl (C=O) groups excluding carboxylic acids is 2. The first-order valence-electron chi connectivity index (χ1n) is 8.11. The third-order valence-electron chi connectivity index (χ3n) is 4.15. The van der Waals surface area contributed by atoms with Crippen molar-refractivity contribution in [3.8, 4) is 11.3 Å². The molecule has 0 spiro atoms. The molecule has 0 saturated carbocycles. The fraction of sp³-hybridized carbons (Fsp3) is 0.211. The summed E-state index contributed by atoms with van der Waals surface area (Å²) in [6.45, 7) is 3.75. The maximum atomic E-state index is 12.4. The number of aromatic carboxylic acids is 1. The van der Waals surface area contributed by atoms with Crippen LogP contribution in [-0.4, -0.2) is 33.2 Å². The van der Waals surface area contributed by atoms with Gasteiger partial charge in [0, 0.05) is 17.7 Å². The van der Waals surface area contributed by atoms with Gasteiger partial charge in [-0.15, -0.1) is 0 Å². The number of carboxylic acid groups (broad SMARTS) is 1. The molecule has 1 atom stereocenters. The second kappa shape index (κ2) is 7.21. The standard InChI is InChI=1S/C19H17NO5S/c1-3-11(2)20-17(21)16(26-19(20)24)10-14-7-8-15(25-14)12-5-4-6-13(9-12)18(22)23/h4-11H,3H2,1-2H3,(H,22,23). The Hall–Kier alpha value is -2.80. The number of amides is 2. The average molecular weight is 371 g/mol. The van der Waals surface area contributed by atoms with Crippen LogP contribution in [0.1, 0.15) is 36.4 Å². The van der Waals surface area contributed by atoms with Crippen LogP contribution in [0.15, 0.2) is 45.7 Å². The molecule has 134 valence electrons. The average Bonchev–Trinajstić information content (AvgIpc) is 3.19. The molecule has 0 radical (unpaired) electrons. The SMILES string of the molecule is CCC(C)N1C(=O)SC(=Cc2ccc(-c3cccc(C(=O)O)c3)o2)C1=O. The highest BCUT2D eigenvalue weighted by Gasteiger charge is 2.37. The number of hydrogen-bond acceptors (Lipinski definition) is 5. The minimum atomic E-state index is -1.02. The van der Waals surface area contributed by atoms with E-state index < -0.39 is 5.97 Å². The van der Waals surface area contributed by atoms with E-state index in [0.717, 1.165) is 11.8 Å². The van der Waals surface area contributed by atoms with Crippen LogP contribution in [-0.2, 0) is 4.79 Å². The molecule has 1 aliphatic rings. The summed E-state index contributed by atoms with van der Waals surface area (Å²) in [4.78, 5) is 37.1. The van der Waals surface area contributed by atoms with Crippen molar-refractivity contribution in [2.75, 3.05) is 0 Å². The van der Waals surface area contributed by atoms with Crippen molar-refractivity contribution >= 4 is 35.0 Å². The van der Waals surface area contributed by atoms with Crippen LogP contribution in [0.2, 0.25) is 0 Å². The molecule has 1 aromatic carbocycles. The molecule has 1 unspecified atom stereocenters. The highest BCUT2D eigenvalue weighted by molar-refractivity contribution is 8.18. The van der Waals surface area contributed by atoms with Gasteiger partial charge < -0.3 is 9.52 Å². The van der Waals surface area contributed by atoms with Crippen molar-refractivity contribution < 1.29 is 23.9 Å². The predicted octanol–water partition coefficient (Wildman–Crippen LogP) is 4.48. The zero-order chi connectivity index (χ0) is 18.8. The lowest BCUT2D eigenvalue weighted by molar-refractivity contribution is -0.124. The summed E-state index contributed by atoms with van der Waals surface area (Å²) < 4.78 is 5.71. The summed E-state index contributed by atoms with van der Waals surface area (Å²) in [5.74, 6) is -0.423. The number of carbonyl (C=O) groups is 3. The first-order valence-corrected chi connectivity index (χ1v) is 8.93. The van der Waals surface area contributed by atoms with Crippen molar-refractivity contribution in [1.82, 2.24) is 4.90 Å². The van der Waals surface area contributed by atoms with Crippen molar-refractivity contribution in [3.63, 3.8) is 0 Å². The van der Waals surface area contributed by atoms with Gasteiger partial charge >= 0.3 is 5.97 Å². The lowest BCUT2D eigenvalue weighted by Gasteiger charge is -2.19. The van der Waals surface area contributed by atoms with Crippen LogP contribution in [0.5, 0.6) is 0 Å². The second-order valence-corrected chi connectivity index (χ2v) is 6.89. The van der Waals surface area contributed by atoms with E-state index in [9.17, 15) is 14.4 Å². The second-order valence-electron chi connectivity index (χ2n) is 5.90.